The third-order valence-corrected chi connectivity index (χ3v) is 7.40. The van der Waals surface area contributed by atoms with E-state index in [4.69, 9.17) is 14.2 Å². The van der Waals surface area contributed by atoms with E-state index in [9.17, 15) is 4.79 Å². The molecule has 184 valence electrons. The minimum Gasteiger partial charge on any atom is -0.484 e. The van der Waals surface area contributed by atoms with Gasteiger partial charge in [0.2, 0.25) is 0 Å². The molecule has 0 N–H and O–H groups in total. The van der Waals surface area contributed by atoms with Crippen LogP contribution in [0.3, 0.4) is 0 Å². The summed E-state index contributed by atoms with van der Waals surface area (Å²) in [6.45, 7) is 3.64. The van der Waals surface area contributed by atoms with E-state index in [1.165, 1.54) is 5.56 Å². The molecular formula is C29H30N4O3. The molecule has 3 heterocycles. The SMILES string of the molecule is Cc1ccc(OCc2nc(C3CCN(C(=O)c4c5c(nc6ccccc46)CCCC5)CC3)no2)cc1. The maximum Gasteiger partial charge on any atom is 0.264 e. The minimum atomic E-state index is 0.130. The molecule has 4 aromatic rings. The summed E-state index contributed by atoms with van der Waals surface area (Å²) in [6, 6.07) is 15.9. The highest BCUT2D eigenvalue weighted by Gasteiger charge is 2.31. The molecule has 2 aromatic carbocycles. The molecular weight excluding hydrogens is 452 g/mol. The quantitative estimate of drug-likeness (QED) is 0.379. The molecule has 0 radical (unpaired) electrons. The molecule has 36 heavy (non-hydrogen) atoms. The number of aryl methyl sites for hydroxylation is 2. The van der Waals surface area contributed by atoms with Crippen LogP contribution in [0, 0.1) is 6.92 Å². The normalized spacial score (nSPS) is 16.2. The molecule has 1 amide bonds. The van der Waals surface area contributed by atoms with Crippen LogP contribution in [0.2, 0.25) is 0 Å². The number of hydrogen-bond acceptors (Lipinski definition) is 6. The fraction of sp³-hybridized carbons (Fsp3) is 0.379. The summed E-state index contributed by atoms with van der Waals surface area (Å²) in [5.41, 5.74) is 5.23. The summed E-state index contributed by atoms with van der Waals surface area (Å²) < 4.78 is 11.2. The first-order valence-corrected chi connectivity index (χ1v) is 12.9. The highest BCUT2D eigenvalue weighted by molar-refractivity contribution is 6.07. The van der Waals surface area contributed by atoms with Crippen molar-refractivity contribution < 1.29 is 14.1 Å². The summed E-state index contributed by atoms with van der Waals surface area (Å²) in [4.78, 5) is 25.3. The average Bonchev–Trinajstić information content (AvgIpc) is 3.40. The van der Waals surface area contributed by atoms with E-state index >= 15 is 0 Å². The van der Waals surface area contributed by atoms with Crippen molar-refractivity contribution in [3.63, 3.8) is 0 Å². The number of nitrogens with zero attached hydrogens (tertiary/aromatic N) is 4. The van der Waals surface area contributed by atoms with Crippen LogP contribution in [0.1, 0.15) is 70.5 Å². The predicted molar refractivity (Wildman–Crippen MR) is 136 cm³/mol. The summed E-state index contributed by atoms with van der Waals surface area (Å²) in [5, 5.41) is 5.19. The number of likely N-dealkylation sites (tertiary alicyclic amines) is 1. The van der Waals surface area contributed by atoms with Crippen molar-refractivity contribution in [1.82, 2.24) is 20.0 Å². The molecule has 2 aliphatic rings. The number of hydrogen-bond donors (Lipinski definition) is 0. The second-order valence-corrected chi connectivity index (χ2v) is 9.85. The second kappa shape index (κ2) is 9.72. The Kier molecular flexibility index (Phi) is 6.13. The number of amides is 1. The number of aromatic nitrogens is 3. The van der Waals surface area contributed by atoms with Gasteiger partial charge >= 0.3 is 0 Å². The van der Waals surface area contributed by atoms with E-state index < -0.39 is 0 Å². The first-order valence-electron chi connectivity index (χ1n) is 12.9. The molecule has 1 aliphatic heterocycles. The Balaban J connectivity index is 1.13. The van der Waals surface area contributed by atoms with E-state index in [0.717, 1.165) is 72.0 Å². The lowest BCUT2D eigenvalue weighted by molar-refractivity contribution is 0.0711. The van der Waals surface area contributed by atoms with Crippen LogP contribution < -0.4 is 4.74 Å². The number of piperidine rings is 1. The summed E-state index contributed by atoms with van der Waals surface area (Å²) in [7, 11) is 0. The van der Waals surface area contributed by atoms with Gasteiger partial charge in [0.1, 0.15) is 5.75 Å². The zero-order chi connectivity index (χ0) is 24.5. The number of pyridine rings is 1. The Labute approximate surface area is 210 Å². The van der Waals surface area contributed by atoms with E-state index in [0.29, 0.717) is 24.8 Å². The fourth-order valence-electron chi connectivity index (χ4n) is 5.39. The van der Waals surface area contributed by atoms with Crippen LogP contribution in [-0.4, -0.2) is 39.0 Å². The molecule has 0 atom stereocenters. The number of benzene rings is 2. The lowest BCUT2D eigenvalue weighted by Crippen LogP contribution is -2.39. The minimum absolute atomic E-state index is 0.130. The van der Waals surface area contributed by atoms with Gasteiger partial charge in [-0.2, -0.15) is 4.98 Å². The zero-order valence-electron chi connectivity index (χ0n) is 20.6. The van der Waals surface area contributed by atoms with E-state index in [-0.39, 0.29) is 18.4 Å². The molecule has 6 rings (SSSR count). The smallest absolute Gasteiger partial charge is 0.264 e. The lowest BCUT2D eigenvalue weighted by atomic mass is 9.88. The van der Waals surface area contributed by atoms with Gasteiger partial charge < -0.3 is 14.2 Å². The molecule has 0 spiro atoms. The zero-order valence-corrected chi connectivity index (χ0v) is 20.6. The fourth-order valence-corrected chi connectivity index (χ4v) is 5.39. The largest absolute Gasteiger partial charge is 0.484 e. The number of carbonyl (C=O) groups is 1. The molecule has 7 heteroatoms. The van der Waals surface area contributed by atoms with Crippen LogP contribution in [0.4, 0.5) is 0 Å². The number of carbonyl (C=O) groups excluding carboxylic acids is 1. The third-order valence-electron chi connectivity index (χ3n) is 7.40. The van der Waals surface area contributed by atoms with Gasteiger partial charge in [-0.3, -0.25) is 9.78 Å². The van der Waals surface area contributed by atoms with E-state index in [1.807, 2.05) is 60.4 Å². The van der Waals surface area contributed by atoms with Crippen LogP contribution in [-0.2, 0) is 19.4 Å². The molecule has 0 bridgehead atoms. The summed E-state index contributed by atoms with van der Waals surface area (Å²) in [5.74, 6) is 2.26. The Morgan fingerprint density at radius 2 is 1.81 bits per heavy atom. The van der Waals surface area contributed by atoms with Crippen LogP contribution in [0.25, 0.3) is 10.9 Å². The Morgan fingerprint density at radius 3 is 2.64 bits per heavy atom. The van der Waals surface area contributed by atoms with Gasteiger partial charge in [0.15, 0.2) is 12.4 Å². The average molecular weight is 483 g/mol. The topological polar surface area (TPSA) is 81.4 Å². The molecule has 1 saturated heterocycles. The van der Waals surface area contributed by atoms with E-state index in [2.05, 4.69) is 10.1 Å². The molecule has 2 aromatic heterocycles. The van der Waals surface area contributed by atoms with Crippen molar-refractivity contribution in [2.45, 2.75) is 58.0 Å². The Morgan fingerprint density at radius 1 is 1.03 bits per heavy atom. The number of ether oxygens (including phenoxy) is 1. The van der Waals surface area contributed by atoms with Gasteiger partial charge in [-0.05, 0) is 69.2 Å². The van der Waals surface area contributed by atoms with Gasteiger partial charge in [0.25, 0.3) is 11.8 Å². The molecule has 0 saturated carbocycles. The van der Waals surface area contributed by atoms with Gasteiger partial charge in [0, 0.05) is 30.1 Å². The number of fused-ring (bicyclic) bond motifs is 2. The Hall–Kier alpha value is -3.74. The van der Waals surface area contributed by atoms with Gasteiger partial charge in [-0.15, -0.1) is 0 Å². The maximum absolute atomic E-state index is 13.8. The number of para-hydroxylation sites is 1. The van der Waals surface area contributed by atoms with Crippen LogP contribution in [0.5, 0.6) is 5.75 Å². The monoisotopic (exact) mass is 482 g/mol. The van der Waals surface area contributed by atoms with Crippen molar-refractivity contribution in [2.75, 3.05) is 13.1 Å². The van der Waals surface area contributed by atoms with Crippen molar-refractivity contribution >= 4 is 16.8 Å². The standard InChI is InChI=1S/C29H30N4O3/c1-19-10-12-21(13-11-19)35-18-26-31-28(32-36-26)20-14-16-33(17-15-20)29(34)27-22-6-2-4-8-24(22)30-25-9-5-3-7-23(25)27/h2,4,6,8,10-13,20H,3,5,7,9,14-18H2,1H3. The second-order valence-electron chi connectivity index (χ2n) is 9.85. The van der Waals surface area contributed by atoms with Crippen molar-refractivity contribution in [2.24, 2.45) is 0 Å². The van der Waals surface area contributed by atoms with Crippen LogP contribution >= 0.6 is 0 Å². The maximum atomic E-state index is 13.8. The van der Waals surface area contributed by atoms with Gasteiger partial charge in [-0.25, -0.2) is 0 Å². The van der Waals surface area contributed by atoms with Gasteiger partial charge in [0.05, 0.1) is 11.1 Å². The highest BCUT2D eigenvalue weighted by atomic mass is 16.5. The van der Waals surface area contributed by atoms with Crippen molar-refractivity contribution in [3.05, 3.63) is 82.6 Å². The molecule has 1 aliphatic carbocycles. The number of rotatable bonds is 5. The van der Waals surface area contributed by atoms with Crippen molar-refractivity contribution in [3.8, 4) is 5.75 Å². The van der Waals surface area contributed by atoms with E-state index in [1.54, 1.807) is 0 Å². The summed E-state index contributed by atoms with van der Waals surface area (Å²) in [6.07, 6.45) is 5.77. The predicted octanol–water partition coefficient (Wildman–Crippen LogP) is 5.40. The summed E-state index contributed by atoms with van der Waals surface area (Å²) >= 11 is 0. The molecule has 0 unspecified atom stereocenters. The first-order chi connectivity index (χ1) is 17.7. The van der Waals surface area contributed by atoms with Gasteiger partial charge in [-0.1, -0.05) is 41.1 Å². The van der Waals surface area contributed by atoms with Crippen LogP contribution in [0.15, 0.2) is 53.1 Å². The highest BCUT2D eigenvalue weighted by Crippen LogP contribution is 2.32. The molecule has 7 nitrogen and oxygen atoms in total. The third kappa shape index (κ3) is 4.45. The van der Waals surface area contributed by atoms with Crippen molar-refractivity contribution in [1.29, 1.82) is 0 Å². The lowest BCUT2D eigenvalue weighted by Gasteiger charge is -2.32. The first kappa shape index (κ1) is 22.7. The molecule has 1 fully saturated rings. The Bertz CT molecular complexity index is 1390.